The van der Waals surface area contributed by atoms with Crippen molar-refractivity contribution >= 4 is 44.7 Å². The Morgan fingerprint density at radius 1 is 1.00 bits per heavy atom. The second kappa shape index (κ2) is 14.6. The molecule has 260 valence electrons. The number of nitrogens with two attached hydrogens (primary N) is 1. The van der Waals surface area contributed by atoms with Crippen LogP contribution in [0.4, 0.5) is 0 Å². The number of hydrogen-bond donors (Lipinski definition) is 3. The first-order chi connectivity index (χ1) is 24.5. The number of nitrogen functional groups attached to an aromatic ring is 1. The number of benzene rings is 3. The Bertz CT molecular complexity index is 2250. The first-order valence-electron chi connectivity index (χ1n) is 15.7. The Hall–Kier alpha value is -6.48. The molecule has 2 heterocycles. The van der Waals surface area contributed by atoms with E-state index in [1.54, 1.807) is 63.4 Å². The zero-order chi connectivity index (χ0) is 36.2. The largest absolute Gasteiger partial charge is 0.462 e. The van der Waals surface area contributed by atoms with Crippen molar-refractivity contribution in [3.63, 3.8) is 0 Å². The molecule has 1 aliphatic carbocycles. The molecular formula is C36H32N6O8S. The molecule has 4 N–H and O–H groups in total. The third-order valence-corrected chi connectivity index (χ3v) is 8.45. The second-order valence-corrected chi connectivity index (χ2v) is 12.4. The number of esters is 1. The highest BCUT2D eigenvalue weighted by Crippen LogP contribution is 2.35. The molecule has 1 amide bonds. The topological polar surface area (TPSA) is 195 Å². The highest BCUT2D eigenvalue weighted by atomic mass is 32.2. The summed E-state index contributed by atoms with van der Waals surface area (Å²) in [5, 5.41) is 10.8. The van der Waals surface area contributed by atoms with Crippen LogP contribution in [-0.4, -0.2) is 67.4 Å². The molecule has 2 aliphatic heterocycles. The minimum absolute atomic E-state index is 0.0511. The number of para-hydroxylation sites is 1. The zero-order valence-corrected chi connectivity index (χ0v) is 28.5. The second-order valence-electron chi connectivity index (χ2n) is 11.4. The molecule has 0 radical (unpaired) electrons. The Kier molecular flexibility index (Phi) is 9.81. The van der Waals surface area contributed by atoms with Crippen molar-refractivity contribution in [1.29, 1.82) is 5.41 Å². The SMILES string of the molecule is CCOC(=O)c1cc(C)cc(OC2=C3NC(=O)C(C4=CCC(=S(=O)=O)C=C4)N=C3N(C)C(Oc3cc(C(=N)N)ccc3Oc3ccccc3)=N2)c1. The predicted molar refractivity (Wildman–Crippen MR) is 190 cm³/mol. The van der Waals surface area contributed by atoms with E-state index in [9.17, 15) is 18.0 Å². The number of nitrogens with zero attached hydrogens (tertiary/aromatic N) is 3. The van der Waals surface area contributed by atoms with Gasteiger partial charge in [-0.3, -0.25) is 15.1 Å². The average Bonchev–Trinajstić information content (AvgIpc) is 3.11. The quantitative estimate of drug-likeness (QED) is 0.127. The van der Waals surface area contributed by atoms with Gasteiger partial charge in [0.1, 0.15) is 23.0 Å². The minimum Gasteiger partial charge on any atom is -0.462 e. The Labute approximate surface area is 294 Å². The summed E-state index contributed by atoms with van der Waals surface area (Å²) in [6.45, 7) is 3.67. The van der Waals surface area contributed by atoms with Gasteiger partial charge in [-0.2, -0.15) is 13.4 Å². The van der Waals surface area contributed by atoms with Crippen molar-refractivity contribution in [1.82, 2.24) is 10.2 Å². The molecule has 3 aliphatic rings. The maximum Gasteiger partial charge on any atom is 0.338 e. The number of likely N-dealkylation sites (N-methyl/N-ethyl adjacent to an activating group) is 1. The molecule has 0 bridgehead atoms. The predicted octanol–water partition coefficient (Wildman–Crippen LogP) is 4.01. The lowest BCUT2D eigenvalue weighted by Crippen LogP contribution is -2.51. The van der Waals surface area contributed by atoms with Gasteiger partial charge in [0, 0.05) is 19.0 Å². The van der Waals surface area contributed by atoms with E-state index in [2.05, 4.69) is 10.3 Å². The number of carbonyl (C=O) groups excluding carboxylic acids is 2. The first-order valence-corrected chi connectivity index (χ1v) is 16.7. The lowest BCUT2D eigenvalue weighted by molar-refractivity contribution is -0.121. The van der Waals surface area contributed by atoms with Crippen LogP contribution in [0, 0.1) is 12.3 Å². The van der Waals surface area contributed by atoms with E-state index in [0.717, 1.165) is 0 Å². The van der Waals surface area contributed by atoms with Crippen molar-refractivity contribution in [2.75, 3.05) is 13.7 Å². The van der Waals surface area contributed by atoms with Gasteiger partial charge in [0.15, 0.2) is 23.4 Å². The van der Waals surface area contributed by atoms with E-state index in [0.29, 0.717) is 22.4 Å². The van der Waals surface area contributed by atoms with E-state index >= 15 is 0 Å². The number of rotatable bonds is 9. The molecule has 0 saturated carbocycles. The highest BCUT2D eigenvalue weighted by Gasteiger charge is 2.38. The molecule has 0 spiro atoms. The van der Waals surface area contributed by atoms with Crippen LogP contribution in [0.3, 0.4) is 0 Å². The van der Waals surface area contributed by atoms with Gasteiger partial charge in [0.25, 0.3) is 11.8 Å². The molecule has 14 nitrogen and oxygen atoms in total. The Balaban J connectivity index is 1.44. The summed E-state index contributed by atoms with van der Waals surface area (Å²) < 4.78 is 46.8. The fourth-order valence-electron chi connectivity index (χ4n) is 5.27. The lowest BCUT2D eigenvalue weighted by Gasteiger charge is -2.33. The Morgan fingerprint density at radius 3 is 2.47 bits per heavy atom. The molecule has 0 aromatic heterocycles. The summed E-state index contributed by atoms with van der Waals surface area (Å²) >= 11 is 0. The maximum absolute atomic E-state index is 13.5. The number of hydrogen-bond acceptors (Lipinski definition) is 12. The fraction of sp³-hybridized carbons (Fsp3) is 0.167. The number of fused-ring (bicyclic) bond motifs is 1. The van der Waals surface area contributed by atoms with Gasteiger partial charge in [-0.1, -0.05) is 30.4 Å². The number of ether oxygens (including phenoxy) is 4. The van der Waals surface area contributed by atoms with Gasteiger partial charge in [-0.05, 0) is 79.6 Å². The van der Waals surface area contributed by atoms with Crippen molar-refractivity contribution in [3.05, 3.63) is 119 Å². The number of amides is 1. The van der Waals surface area contributed by atoms with Crippen LogP contribution in [0.1, 0.15) is 34.8 Å². The molecule has 0 fully saturated rings. The molecular weight excluding hydrogens is 676 g/mol. The van der Waals surface area contributed by atoms with E-state index in [-0.39, 0.29) is 70.0 Å². The maximum atomic E-state index is 13.5. The number of carbonyl (C=O) groups is 2. The molecule has 51 heavy (non-hydrogen) atoms. The minimum atomic E-state index is -2.40. The van der Waals surface area contributed by atoms with Crippen LogP contribution < -0.4 is 25.3 Å². The number of allylic oxidation sites excluding steroid dienone is 2. The number of amidine groups is 3. The third-order valence-electron chi connectivity index (χ3n) is 7.72. The van der Waals surface area contributed by atoms with Crippen LogP contribution in [-0.2, 0) is 19.8 Å². The van der Waals surface area contributed by atoms with E-state index in [1.807, 2.05) is 18.2 Å². The average molecular weight is 709 g/mol. The molecule has 1 atom stereocenters. The van der Waals surface area contributed by atoms with Crippen LogP contribution in [0.2, 0.25) is 0 Å². The van der Waals surface area contributed by atoms with Crippen LogP contribution in [0.25, 0.3) is 0 Å². The van der Waals surface area contributed by atoms with Gasteiger partial charge < -0.3 is 30.0 Å². The summed E-state index contributed by atoms with van der Waals surface area (Å²) in [5.41, 5.74) is 7.73. The number of aliphatic imine (C=N–C) groups is 2. The summed E-state index contributed by atoms with van der Waals surface area (Å²) in [4.78, 5) is 37.2. The van der Waals surface area contributed by atoms with Crippen molar-refractivity contribution in [2.45, 2.75) is 26.3 Å². The third kappa shape index (κ3) is 7.58. The lowest BCUT2D eigenvalue weighted by atomic mass is 9.98. The van der Waals surface area contributed by atoms with Crippen LogP contribution in [0.15, 0.2) is 112 Å². The summed E-state index contributed by atoms with van der Waals surface area (Å²) in [5.74, 6) is 0.0507. The highest BCUT2D eigenvalue weighted by molar-refractivity contribution is 7.73. The van der Waals surface area contributed by atoms with Crippen molar-refractivity contribution in [2.24, 2.45) is 15.7 Å². The van der Waals surface area contributed by atoms with Crippen molar-refractivity contribution < 1.29 is 37.0 Å². The molecule has 3 aromatic carbocycles. The van der Waals surface area contributed by atoms with E-state index in [4.69, 9.17) is 35.1 Å². The monoisotopic (exact) mass is 708 g/mol. The first kappa shape index (κ1) is 34.4. The van der Waals surface area contributed by atoms with Crippen LogP contribution in [0.5, 0.6) is 23.0 Å². The molecule has 0 saturated heterocycles. The van der Waals surface area contributed by atoms with E-state index < -0.39 is 28.2 Å². The molecule has 6 rings (SSSR count). The Morgan fingerprint density at radius 2 is 1.78 bits per heavy atom. The van der Waals surface area contributed by atoms with Gasteiger partial charge in [-0.15, -0.1) is 0 Å². The van der Waals surface area contributed by atoms with Crippen LogP contribution >= 0.6 is 0 Å². The molecule has 1 unspecified atom stereocenters. The summed E-state index contributed by atoms with van der Waals surface area (Å²) in [7, 11) is -0.772. The molecule has 3 aromatic rings. The summed E-state index contributed by atoms with van der Waals surface area (Å²) in [6, 6.07) is 17.5. The van der Waals surface area contributed by atoms with Gasteiger partial charge in [0.05, 0.1) is 17.0 Å². The van der Waals surface area contributed by atoms with Crippen molar-refractivity contribution in [3.8, 4) is 23.0 Å². The number of aryl methyl sites for hydroxylation is 1. The van der Waals surface area contributed by atoms with Gasteiger partial charge in [-0.25, -0.2) is 9.79 Å². The summed E-state index contributed by atoms with van der Waals surface area (Å²) in [6.07, 6.45) is 4.70. The van der Waals surface area contributed by atoms with Gasteiger partial charge >= 0.3 is 12.0 Å². The fourth-order valence-corrected chi connectivity index (χ4v) is 5.67. The van der Waals surface area contributed by atoms with E-state index in [1.165, 1.54) is 29.2 Å². The standard InChI is InChI=1S/C36H32N6O8S/c1-4-47-35(44)23-16-20(2)17-25(18-23)49-34-30-32(39-29(33(43)40-30)21-10-13-26(14-11-21)51(45)46)42(3)36(41-34)50-28-19-22(31(37)38)12-15-27(28)48-24-8-6-5-7-9-24/h5-13,15-19,29H,4,14H2,1-3H3,(H3,37,38)(H,40,43). The normalized spacial score (nSPS) is 16.6. The van der Waals surface area contributed by atoms with Gasteiger partial charge in [0.2, 0.25) is 10.3 Å². The molecule has 15 heteroatoms. The zero-order valence-electron chi connectivity index (χ0n) is 27.7. The smallest absolute Gasteiger partial charge is 0.338 e. The number of nitrogens with one attached hydrogen (secondary N) is 2.